The lowest BCUT2D eigenvalue weighted by atomic mass is 9.85. The Morgan fingerprint density at radius 3 is 2.60 bits per heavy atom. The molecule has 0 aliphatic heterocycles. The van der Waals surface area contributed by atoms with Gasteiger partial charge in [-0.1, -0.05) is 32.9 Å². The molecule has 0 aliphatic rings. The van der Waals surface area contributed by atoms with Gasteiger partial charge in [-0.15, -0.1) is 0 Å². The lowest BCUT2D eigenvalue weighted by molar-refractivity contribution is -0.131. The molecule has 0 spiro atoms. The smallest absolute Gasteiger partial charge is 0.224 e. The highest BCUT2D eigenvalue weighted by Gasteiger charge is 2.24. The Morgan fingerprint density at radius 2 is 2.05 bits per heavy atom. The Balaban J connectivity index is 2.61. The first-order valence-corrected chi connectivity index (χ1v) is 6.86. The molecule has 0 aliphatic carbocycles. The zero-order valence-corrected chi connectivity index (χ0v) is 13.1. The van der Waals surface area contributed by atoms with Crippen LogP contribution < -0.4 is 10.5 Å². The molecule has 20 heavy (non-hydrogen) atoms. The molecule has 1 unspecified atom stereocenters. The van der Waals surface area contributed by atoms with Crippen molar-refractivity contribution in [2.45, 2.75) is 39.8 Å². The minimum Gasteiger partial charge on any atom is -0.497 e. The first kappa shape index (κ1) is 16.5. The van der Waals surface area contributed by atoms with Crippen LogP contribution in [0.4, 0.5) is 0 Å². The molecule has 1 atom stereocenters. The molecule has 0 aromatic heterocycles. The van der Waals surface area contributed by atoms with Gasteiger partial charge in [-0.2, -0.15) is 0 Å². The van der Waals surface area contributed by atoms with Crippen LogP contribution in [-0.2, 0) is 11.3 Å². The van der Waals surface area contributed by atoms with Gasteiger partial charge in [0.05, 0.1) is 7.11 Å². The lowest BCUT2D eigenvalue weighted by Gasteiger charge is -2.28. The van der Waals surface area contributed by atoms with Crippen molar-refractivity contribution in [1.82, 2.24) is 4.90 Å². The van der Waals surface area contributed by atoms with E-state index >= 15 is 0 Å². The van der Waals surface area contributed by atoms with E-state index in [2.05, 4.69) is 0 Å². The van der Waals surface area contributed by atoms with Gasteiger partial charge in [-0.25, -0.2) is 0 Å². The van der Waals surface area contributed by atoms with Crippen LogP contribution in [0, 0.1) is 5.41 Å². The molecule has 1 aromatic rings. The second kappa shape index (κ2) is 6.75. The Labute approximate surface area is 121 Å². The van der Waals surface area contributed by atoms with Crippen molar-refractivity contribution in [2.75, 3.05) is 14.2 Å². The summed E-state index contributed by atoms with van der Waals surface area (Å²) in [4.78, 5) is 13.9. The number of carbonyl (C=O) groups is 1. The maximum absolute atomic E-state index is 12.2. The molecular formula is C16H26N2O2. The molecular weight excluding hydrogens is 252 g/mol. The third kappa shape index (κ3) is 4.85. The van der Waals surface area contributed by atoms with Crippen LogP contribution in [0.1, 0.15) is 32.8 Å². The lowest BCUT2D eigenvalue weighted by Crippen LogP contribution is -2.40. The molecule has 0 heterocycles. The van der Waals surface area contributed by atoms with Crippen LogP contribution in [-0.4, -0.2) is 31.0 Å². The number of benzene rings is 1. The summed E-state index contributed by atoms with van der Waals surface area (Å²) < 4.78 is 5.18. The number of nitrogens with zero attached hydrogens (tertiary/aromatic N) is 1. The highest BCUT2D eigenvalue weighted by Crippen LogP contribution is 2.21. The number of hydrogen-bond acceptors (Lipinski definition) is 3. The van der Waals surface area contributed by atoms with Crippen LogP contribution in [0.3, 0.4) is 0 Å². The first-order chi connectivity index (χ1) is 9.24. The number of amides is 1. The largest absolute Gasteiger partial charge is 0.497 e. The van der Waals surface area contributed by atoms with Gasteiger partial charge in [0.1, 0.15) is 5.75 Å². The summed E-state index contributed by atoms with van der Waals surface area (Å²) in [6.45, 7) is 6.71. The zero-order valence-electron chi connectivity index (χ0n) is 13.1. The molecule has 112 valence electrons. The molecule has 4 heteroatoms. The van der Waals surface area contributed by atoms with Crippen molar-refractivity contribution >= 4 is 5.91 Å². The number of carbonyl (C=O) groups excluding carboxylic acids is 1. The molecule has 0 bridgehead atoms. The summed E-state index contributed by atoms with van der Waals surface area (Å²) in [5.41, 5.74) is 7.04. The van der Waals surface area contributed by atoms with Gasteiger partial charge in [0.2, 0.25) is 5.91 Å². The van der Waals surface area contributed by atoms with Gasteiger partial charge in [-0.3, -0.25) is 4.79 Å². The van der Waals surface area contributed by atoms with E-state index in [1.165, 1.54) is 0 Å². The molecule has 2 N–H and O–H groups in total. The van der Waals surface area contributed by atoms with Crippen molar-refractivity contribution in [3.63, 3.8) is 0 Å². The summed E-state index contributed by atoms with van der Waals surface area (Å²) in [5.74, 6) is 0.866. The summed E-state index contributed by atoms with van der Waals surface area (Å²) in [5, 5.41) is 0. The predicted octanol–water partition coefficient (Wildman–Crippen LogP) is 2.42. The van der Waals surface area contributed by atoms with Crippen LogP contribution in [0.2, 0.25) is 0 Å². The zero-order chi connectivity index (χ0) is 15.3. The summed E-state index contributed by atoms with van der Waals surface area (Å²) in [6, 6.07) is 7.60. The second-order valence-corrected chi connectivity index (χ2v) is 6.28. The van der Waals surface area contributed by atoms with Crippen molar-refractivity contribution in [2.24, 2.45) is 11.1 Å². The Bertz CT molecular complexity index is 452. The average Bonchev–Trinajstić information content (AvgIpc) is 2.37. The molecule has 0 saturated heterocycles. The highest BCUT2D eigenvalue weighted by atomic mass is 16.5. The van der Waals surface area contributed by atoms with Crippen LogP contribution in [0.25, 0.3) is 0 Å². The normalized spacial score (nSPS) is 12.9. The monoisotopic (exact) mass is 278 g/mol. The van der Waals surface area contributed by atoms with Gasteiger partial charge in [0, 0.05) is 26.1 Å². The Kier molecular flexibility index (Phi) is 5.57. The topological polar surface area (TPSA) is 55.6 Å². The number of nitrogens with two attached hydrogens (primary N) is 1. The minimum atomic E-state index is -0.136. The number of hydrogen-bond donors (Lipinski definition) is 1. The van der Waals surface area contributed by atoms with E-state index in [0.717, 1.165) is 11.3 Å². The number of methoxy groups -OCH3 is 1. The molecule has 1 rings (SSSR count). The molecule has 1 amide bonds. The molecule has 0 radical (unpaired) electrons. The quantitative estimate of drug-likeness (QED) is 0.900. The number of rotatable bonds is 5. The summed E-state index contributed by atoms with van der Waals surface area (Å²) in [7, 11) is 3.44. The van der Waals surface area contributed by atoms with Gasteiger partial charge in [0.25, 0.3) is 0 Å². The SMILES string of the molecule is COc1cccc(CN(C)C(=O)CC(N)C(C)(C)C)c1. The highest BCUT2D eigenvalue weighted by molar-refractivity contribution is 5.76. The maximum atomic E-state index is 12.2. The predicted molar refractivity (Wildman–Crippen MR) is 81.5 cm³/mol. The van der Waals surface area contributed by atoms with Crippen LogP contribution in [0.5, 0.6) is 5.75 Å². The Morgan fingerprint density at radius 1 is 1.40 bits per heavy atom. The van der Waals surface area contributed by atoms with Crippen LogP contribution >= 0.6 is 0 Å². The third-order valence-electron chi connectivity index (χ3n) is 3.49. The van der Waals surface area contributed by atoms with Crippen molar-refractivity contribution in [1.29, 1.82) is 0 Å². The van der Waals surface area contributed by atoms with E-state index in [0.29, 0.717) is 13.0 Å². The summed E-state index contributed by atoms with van der Waals surface area (Å²) in [6.07, 6.45) is 0.365. The van der Waals surface area contributed by atoms with E-state index in [1.54, 1.807) is 19.1 Å². The fourth-order valence-electron chi connectivity index (χ4n) is 1.78. The third-order valence-corrected chi connectivity index (χ3v) is 3.49. The average molecular weight is 278 g/mol. The fourth-order valence-corrected chi connectivity index (χ4v) is 1.78. The summed E-state index contributed by atoms with van der Waals surface area (Å²) >= 11 is 0. The molecule has 0 saturated carbocycles. The van der Waals surface area contributed by atoms with Crippen molar-refractivity contribution in [3.8, 4) is 5.75 Å². The van der Waals surface area contributed by atoms with E-state index < -0.39 is 0 Å². The molecule has 1 aromatic carbocycles. The van der Waals surface area contributed by atoms with E-state index in [4.69, 9.17) is 10.5 Å². The van der Waals surface area contributed by atoms with Crippen molar-refractivity contribution in [3.05, 3.63) is 29.8 Å². The maximum Gasteiger partial charge on any atom is 0.224 e. The van der Waals surface area contributed by atoms with Gasteiger partial charge in [0.15, 0.2) is 0 Å². The minimum absolute atomic E-state index is 0.0630. The number of ether oxygens (including phenoxy) is 1. The molecule has 0 fully saturated rings. The van der Waals surface area contributed by atoms with E-state index in [1.807, 2.05) is 45.0 Å². The van der Waals surface area contributed by atoms with Gasteiger partial charge >= 0.3 is 0 Å². The van der Waals surface area contributed by atoms with Crippen LogP contribution in [0.15, 0.2) is 24.3 Å². The standard InChI is InChI=1S/C16H26N2O2/c1-16(2,3)14(17)10-15(19)18(4)11-12-7-6-8-13(9-12)20-5/h6-9,14H,10-11,17H2,1-5H3. The van der Waals surface area contributed by atoms with Crippen molar-refractivity contribution < 1.29 is 9.53 Å². The van der Waals surface area contributed by atoms with E-state index in [-0.39, 0.29) is 17.4 Å². The van der Waals surface area contributed by atoms with Gasteiger partial charge < -0.3 is 15.4 Å². The second-order valence-electron chi connectivity index (χ2n) is 6.28. The Hall–Kier alpha value is -1.55. The van der Waals surface area contributed by atoms with E-state index in [9.17, 15) is 4.79 Å². The first-order valence-electron chi connectivity index (χ1n) is 6.86. The molecule has 4 nitrogen and oxygen atoms in total. The van der Waals surface area contributed by atoms with Gasteiger partial charge in [-0.05, 0) is 23.1 Å². The fraction of sp³-hybridized carbons (Fsp3) is 0.562.